The molecule has 2 N–H and O–H groups in total. The largest absolute Gasteiger partial charge is 0.493 e. The summed E-state index contributed by atoms with van der Waals surface area (Å²) in [5.41, 5.74) is 1.79. The van der Waals surface area contributed by atoms with Crippen LogP contribution >= 0.6 is 12.2 Å². The molecule has 7 nitrogen and oxygen atoms in total. The first kappa shape index (κ1) is 15.3. The highest BCUT2D eigenvalue weighted by molar-refractivity contribution is 7.71. The number of aromatic nitrogens is 4. The van der Waals surface area contributed by atoms with Crippen LogP contribution in [0.1, 0.15) is 5.56 Å². The maximum absolute atomic E-state index is 11.8. The molecule has 0 spiro atoms. The number of aryl methyl sites for hydroxylation is 2. The van der Waals surface area contributed by atoms with Crippen molar-refractivity contribution in [3.8, 4) is 11.5 Å². The van der Waals surface area contributed by atoms with Crippen molar-refractivity contribution in [2.75, 3.05) is 14.2 Å². The third kappa shape index (κ3) is 2.85. The predicted octanol–water partition coefficient (Wildman–Crippen LogP) is 2.04. The zero-order chi connectivity index (χ0) is 16.4. The second-order valence-electron chi connectivity index (χ2n) is 4.95. The molecule has 2 aromatic heterocycles. The van der Waals surface area contributed by atoms with Gasteiger partial charge in [0.15, 0.2) is 21.9 Å². The van der Waals surface area contributed by atoms with E-state index in [4.69, 9.17) is 21.7 Å². The predicted molar refractivity (Wildman–Crippen MR) is 88.8 cm³/mol. The quantitative estimate of drug-likeness (QED) is 0.699. The molecule has 0 aliphatic heterocycles. The number of ether oxygens (including phenoxy) is 2. The molecule has 0 radical (unpaired) electrons. The molecule has 0 atom stereocenters. The fraction of sp³-hybridized carbons (Fsp3) is 0.267. The maximum Gasteiger partial charge on any atom is 0.277 e. The van der Waals surface area contributed by atoms with Gasteiger partial charge in [0.25, 0.3) is 5.56 Å². The van der Waals surface area contributed by atoms with Gasteiger partial charge in [0.2, 0.25) is 0 Å². The number of benzene rings is 1. The molecule has 0 saturated heterocycles. The van der Waals surface area contributed by atoms with Crippen LogP contribution in [-0.2, 0) is 13.0 Å². The van der Waals surface area contributed by atoms with Gasteiger partial charge in [0.05, 0.1) is 20.5 Å². The van der Waals surface area contributed by atoms with Crippen LogP contribution in [0.15, 0.2) is 29.3 Å². The van der Waals surface area contributed by atoms with Gasteiger partial charge in [-0.3, -0.25) is 9.78 Å². The number of fused-ring (bicyclic) bond motifs is 1. The lowest BCUT2D eigenvalue weighted by Crippen LogP contribution is -2.15. The van der Waals surface area contributed by atoms with Gasteiger partial charge in [0.1, 0.15) is 5.52 Å². The minimum absolute atomic E-state index is 0.259. The molecule has 0 aliphatic carbocycles. The first-order valence-corrected chi connectivity index (χ1v) is 7.42. The van der Waals surface area contributed by atoms with E-state index in [-0.39, 0.29) is 5.56 Å². The van der Waals surface area contributed by atoms with Crippen molar-refractivity contribution in [3.05, 3.63) is 45.2 Å². The van der Waals surface area contributed by atoms with Gasteiger partial charge in [-0.25, -0.2) is 4.98 Å². The molecule has 1 aromatic carbocycles. The van der Waals surface area contributed by atoms with Crippen molar-refractivity contribution in [2.24, 2.45) is 0 Å². The molecule has 3 aromatic rings. The van der Waals surface area contributed by atoms with Gasteiger partial charge >= 0.3 is 0 Å². The highest BCUT2D eigenvalue weighted by Crippen LogP contribution is 2.27. The van der Waals surface area contributed by atoms with Crippen molar-refractivity contribution in [1.29, 1.82) is 0 Å². The van der Waals surface area contributed by atoms with Crippen LogP contribution in [0.5, 0.6) is 11.5 Å². The summed E-state index contributed by atoms with van der Waals surface area (Å²) in [7, 11) is 3.21. The highest BCUT2D eigenvalue weighted by atomic mass is 32.1. The molecule has 23 heavy (non-hydrogen) atoms. The zero-order valence-electron chi connectivity index (χ0n) is 12.8. The fourth-order valence-corrected chi connectivity index (χ4v) is 2.74. The summed E-state index contributed by atoms with van der Waals surface area (Å²) in [6.45, 7) is 0.590. The Balaban J connectivity index is 1.91. The average Bonchev–Trinajstić information content (AvgIpc) is 3.04. The second kappa shape index (κ2) is 6.25. The first-order chi connectivity index (χ1) is 11.1. The average molecular weight is 332 g/mol. The van der Waals surface area contributed by atoms with E-state index in [1.807, 2.05) is 18.2 Å². The van der Waals surface area contributed by atoms with Gasteiger partial charge < -0.3 is 19.0 Å². The van der Waals surface area contributed by atoms with Gasteiger partial charge in [-0.2, -0.15) is 0 Å². The lowest BCUT2D eigenvalue weighted by Gasteiger charge is -2.11. The molecule has 0 unspecified atom stereocenters. The van der Waals surface area contributed by atoms with E-state index in [0.29, 0.717) is 40.4 Å². The third-order valence-electron chi connectivity index (χ3n) is 3.64. The molecule has 3 rings (SSSR count). The summed E-state index contributed by atoms with van der Waals surface area (Å²) < 4.78 is 12.7. The Bertz CT molecular complexity index is 957. The molecule has 0 bridgehead atoms. The van der Waals surface area contributed by atoms with Crippen LogP contribution in [0.4, 0.5) is 0 Å². The van der Waals surface area contributed by atoms with E-state index in [2.05, 4.69) is 15.0 Å². The summed E-state index contributed by atoms with van der Waals surface area (Å²) in [4.78, 5) is 21.5. The van der Waals surface area contributed by atoms with E-state index >= 15 is 0 Å². The molecule has 8 heteroatoms. The van der Waals surface area contributed by atoms with Crippen LogP contribution < -0.4 is 15.0 Å². The highest BCUT2D eigenvalue weighted by Gasteiger charge is 2.09. The molecule has 0 aliphatic rings. The number of imidazole rings is 1. The number of aromatic amines is 2. The minimum Gasteiger partial charge on any atom is -0.493 e. The van der Waals surface area contributed by atoms with Crippen molar-refractivity contribution < 1.29 is 9.47 Å². The van der Waals surface area contributed by atoms with Crippen LogP contribution in [0.3, 0.4) is 0 Å². The van der Waals surface area contributed by atoms with Gasteiger partial charge in [-0.15, -0.1) is 0 Å². The second-order valence-corrected chi connectivity index (χ2v) is 5.34. The van der Waals surface area contributed by atoms with Crippen LogP contribution in [-0.4, -0.2) is 33.7 Å². The smallest absolute Gasteiger partial charge is 0.277 e. The van der Waals surface area contributed by atoms with Gasteiger partial charge in [0, 0.05) is 6.54 Å². The van der Waals surface area contributed by atoms with Gasteiger partial charge in [-0.05, 0) is 36.3 Å². The Morgan fingerprint density at radius 3 is 2.78 bits per heavy atom. The Hall–Kier alpha value is -2.61. The van der Waals surface area contributed by atoms with E-state index < -0.39 is 0 Å². The first-order valence-electron chi connectivity index (χ1n) is 7.01. The van der Waals surface area contributed by atoms with E-state index in [1.54, 1.807) is 18.8 Å². The van der Waals surface area contributed by atoms with Crippen molar-refractivity contribution >= 4 is 23.4 Å². The molecular weight excluding hydrogens is 316 g/mol. The van der Waals surface area contributed by atoms with Crippen LogP contribution in [0.25, 0.3) is 11.2 Å². The van der Waals surface area contributed by atoms with E-state index in [1.165, 1.54) is 6.33 Å². The summed E-state index contributed by atoms with van der Waals surface area (Å²) in [5.74, 6) is 1.37. The van der Waals surface area contributed by atoms with Crippen LogP contribution in [0.2, 0.25) is 0 Å². The lowest BCUT2D eigenvalue weighted by atomic mass is 10.1. The Morgan fingerprint density at radius 1 is 1.26 bits per heavy atom. The Kier molecular flexibility index (Phi) is 4.16. The number of hydrogen-bond donors (Lipinski definition) is 2. The number of nitrogens with zero attached hydrogens (tertiary/aromatic N) is 2. The van der Waals surface area contributed by atoms with Crippen molar-refractivity contribution in [1.82, 2.24) is 19.5 Å². The summed E-state index contributed by atoms with van der Waals surface area (Å²) in [6, 6.07) is 5.76. The normalized spacial score (nSPS) is 10.9. The SMILES string of the molecule is COc1ccc(CCn2c(=S)[nH]c(=O)c3[nH]cnc32)cc1OC. The van der Waals surface area contributed by atoms with Crippen LogP contribution in [0, 0.1) is 4.77 Å². The fourth-order valence-electron chi connectivity index (χ4n) is 2.47. The van der Waals surface area contributed by atoms with Gasteiger partial charge in [-0.1, -0.05) is 6.07 Å². The molecular formula is C15H16N4O3S. The Morgan fingerprint density at radius 2 is 2.04 bits per heavy atom. The molecule has 2 heterocycles. The molecule has 0 saturated carbocycles. The maximum atomic E-state index is 11.8. The minimum atomic E-state index is -0.259. The van der Waals surface area contributed by atoms with Crippen molar-refractivity contribution in [3.63, 3.8) is 0 Å². The van der Waals surface area contributed by atoms with Crippen molar-refractivity contribution in [2.45, 2.75) is 13.0 Å². The third-order valence-corrected chi connectivity index (χ3v) is 3.96. The molecule has 120 valence electrons. The standard InChI is InChI=1S/C15H16N4O3S/c1-21-10-4-3-9(7-11(10)22-2)5-6-19-13-12(16-8-17-13)14(20)18-15(19)23/h3-4,7-8H,5-6H2,1-2H3,(H,16,17)(H,18,20,23). The topological polar surface area (TPSA) is 84.9 Å². The van der Waals surface area contributed by atoms with E-state index in [0.717, 1.165) is 5.56 Å². The Labute approximate surface area is 136 Å². The summed E-state index contributed by atoms with van der Waals surface area (Å²) in [6.07, 6.45) is 2.20. The molecule has 0 fully saturated rings. The number of rotatable bonds is 5. The van der Waals surface area contributed by atoms with E-state index in [9.17, 15) is 4.79 Å². The lowest BCUT2D eigenvalue weighted by molar-refractivity contribution is 0.354. The number of nitrogens with one attached hydrogen (secondary N) is 2. The number of methoxy groups -OCH3 is 2. The summed E-state index contributed by atoms with van der Waals surface area (Å²) >= 11 is 5.25. The number of H-pyrrole nitrogens is 2. The summed E-state index contributed by atoms with van der Waals surface area (Å²) in [5, 5.41) is 0. The zero-order valence-corrected chi connectivity index (χ0v) is 13.6. The molecule has 0 amide bonds. The monoisotopic (exact) mass is 332 g/mol. The number of hydrogen-bond acceptors (Lipinski definition) is 5.